The summed E-state index contributed by atoms with van der Waals surface area (Å²) in [6, 6.07) is 1.22. The highest BCUT2D eigenvalue weighted by molar-refractivity contribution is 5.79. The number of nitrogens with zero attached hydrogens (tertiary/aromatic N) is 2. The molecule has 0 aliphatic heterocycles. The molecular formula is C16H36N4. The van der Waals surface area contributed by atoms with Crippen LogP contribution in [-0.4, -0.2) is 49.6 Å². The molecule has 0 amide bonds. The first kappa shape index (κ1) is 19.2. The van der Waals surface area contributed by atoms with Crippen molar-refractivity contribution < 1.29 is 0 Å². The van der Waals surface area contributed by atoms with E-state index in [1.807, 2.05) is 7.05 Å². The number of hydrogen-bond donors (Lipinski definition) is 2. The zero-order valence-corrected chi connectivity index (χ0v) is 14.7. The number of hydrogen-bond acceptors (Lipinski definition) is 2. The van der Waals surface area contributed by atoms with Crippen LogP contribution in [0.5, 0.6) is 0 Å². The lowest BCUT2D eigenvalue weighted by Gasteiger charge is -2.30. The maximum atomic E-state index is 4.25. The lowest BCUT2D eigenvalue weighted by atomic mass is 10.1. The smallest absolute Gasteiger partial charge is 0.190 e. The van der Waals surface area contributed by atoms with E-state index in [-0.39, 0.29) is 0 Å². The van der Waals surface area contributed by atoms with E-state index in [1.165, 1.54) is 6.42 Å². The quantitative estimate of drug-likeness (QED) is 0.388. The van der Waals surface area contributed by atoms with Gasteiger partial charge in [-0.25, -0.2) is 0 Å². The molecule has 4 heteroatoms. The van der Waals surface area contributed by atoms with Gasteiger partial charge in [-0.05, 0) is 46.5 Å². The van der Waals surface area contributed by atoms with E-state index >= 15 is 0 Å². The Labute approximate surface area is 126 Å². The molecule has 0 saturated carbocycles. The Morgan fingerprint density at radius 2 is 1.50 bits per heavy atom. The standard InChI is InChI=1S/C16H36N4/c1-13(2)9-11-19-16(17-7)18-10-8-12-20(14(3)4)15(5)6/h13-15H,8-12H2,1-7H3,(H2,17,18,19). The molecule has 0 saturated heterocycles. The Kier molecular flexibility index (Phi) is 10.5. The van der Waals surface area contributed by atoms with Crippen molar-refractivity contribution in [2.24, 2.45) is 10.9 Å². The molecule has 20 heavy (non-hydrogen) atoms. The summed E-state index contributed by atoms with van der Waals surface area (Å²) in [5.41, 5.74) is 0. The highest BCUT2D eigenvalue weighted by Gasteiger charge is 2.12. The second kappa shape index (κ2) is 11.0. The molecule has 0 fully saturated rings. The molecule has 2 N–H and O–H groups in total. The minimum atomic E-state index is 0.610. The van der Waals surface area contributed by atoms with Gasteiger partial charge in [-0.3, -0.25) is 9.89 Å². The second-order valence-electron chi connectivity index (χ2n) is 6.39. The molecule has 0 atom stereocenters. The lowest BCUT2D eigenvalue weighted by molar-refractivity contribution is 0.173. The molecule has 0 aliphatic carbocycles. The summed E-state index contributed by atoms with van der Waals surface area (Å²) in [6.45, 7) is 16.6. The van der Waals surface area contributed by atoms with Crippen LogP contribution in [0.1, 0.15) is 54.4 Å². The van der Waals surface area contributed by atoms with Crippen molar-refractivity contribution in [2.45, 2.75) is 66.5 Å². The summed E-state index contributed by atoms with van der Waals surface area (Å²) in [5, 5.41) is 6.75. The third-order valence-corrected chi connectivity index (χ3v) is 3.45. The monoisotopic (exact) mass is 284 g/mol. The molecule has 0 heterocycles. The van der Waals surface area contributed by atoms with Gasteiger partial charge in [0.05, 0.1) is 0 Å². The van der Waals surface area contributed by atoms with Crippen molar-refractivity contribution in [1.82, 2.24) is 15.5 Å². The van der Waals surface area contributed by atoms with E-state index in [1.54, 1.807) is 0 Å². The zero-order valence-electron chi connectivity index (χ0n) is 14.7. The Balaban J connectivity index is 3.85. The van der Waals surface area contributed by atoms with Crippen LogP contribution in [0.4, 0.5) is 0 Å². The first-order chi connectivity index (χ1) is 9.38. The minimum absolute atomic E-state index is 0.610. The molecule has 0 aromatic rings. The maximum Gasteiger partial charge on any atom is 0.190 e. The highest BCUT2D eigenvalue weighted by Crippen LogP contribution is 2.05. The van der Waals surface area contributed by atoms with E-state index in [0.717, 1.165) is 37.9 Å². The first-order valence-corrected chi connectivity index (χ1v) is 8.08. The fraction of sp³-hybridized carbons (Fsp3) is 0.938. The summed E-state index contributed by atoms with van der Waals surface area (Å²) in [4.78, 5) is 6.78. The lowest BCUT2D eigenvalue weighted by Crippen LogP contribution is -2.41. The average Bonchev–Trinajstić information content (AvgIpc) is 2.34. The molecule has 0 radical (unpaired) electrons. The summed E-state index contributed by atoms with van der Waals surface area (Å²) >= 11 is 0. The molecule has 0 aliphatic rings. The predicted octanol–water partition coefficient (Wildman–Crippen LogP) is 2.71. The number of rotatable bonds is 9. The van der Waals surface area contributed by atoms with Crippen LogP contribution in [0, 0.1) is 5.92 Å². The maximum absolute atomic E-state index is 4.25. The van der Waals surface area contributed by atoms with Gasteiger partial charge in [0.15, 0.2) is 5.96 Å². The Bertz CT molecular complexity index is 251. The predicted molar refractivity (Wildman–Crippen MR) is 90.4 cm³/mol. The van der Waals surface area contributed by atoms with Crippen molar-refractivity contribution >= 4 is 5.96 Å². The minimum Gasteiger partial charge on any atom is -0.356 e. The van der Waals surface area contributed by atoms with Crippen LogP contribution in [-0.2, 0) is 0 Å². The zero-order chi connectivity index (χ0) is 15.5. The normalized spacial score (nSPS) is 12.8. The van der Waals surface area contributed by atoms with E-state index in [4.69, 9.17) is 0 Å². The topological polar surface area (TPSA) is 39.7 Å². The van der Waals surface area contributed by atoms with Crippen LogP contribution >= 0.6 is 0 Å². The highest BCUT2D eigenvalue weighted by atomic mass is 15.2. The van der Waals surface area contributed by atoms with Gasteiger partial charge in [0.25, 0.3) is 0 Å². The number of guanidine groups is 1. The average molecular weight is 284 g/mol. The molecular weight excluding hydrogens is 248 g/mol. The summed E-state index contributed by atoms with van der Waals surface area (Å²) in [5.74, 6) is 1.65. The van der Waals surface area contributed by atoms with Crippen LogP contribution in [0.15, 0.2) is 4.99 Å². The van der Waals surface area contributed by atoms with Gasteiger partial charge < -0.3 is 10.6 Å². The molecule has 0 unspecified atom stereocenters. The Morgan fingerprint density at radius 3 is 1.95 bits per heavy atom. The third-order valence-electron chi connectivity index (χ3n) is 3.45. The van der Waals surface area contributed by atoms with E-state index in [2.05, 4.69) is 62.1 Å². The summed E-state index contributed by atoms with van der Waals surface area (Å²) < 4.78 is 0. The molecule has 0 rings (SSSR count). The molecule has 120 valence electrons. The SMILES string of the molecule is CN=C(NCCCN(C(C)C)C(C)C)NCCC(C)C. The van der Waals surface area contributed by atoms with Gasteiger partial charge in [0.2, 0.25) is 0 Å². The molecule has 0 bridgehead atoms. The fourth-order valence-corrected chi connectivity index (χ4v) is 2.28. The third kappa shape index (κ3) is 9.18. The molecule has 0 aromatic heterocycles. The fourth-order valence-electron chi connectivity index (χ4n) is 2.28. The number of aliphatic imine (C=N–C) groups is 1. The van der Waals surface area contributed by atoms with E-state index in [0.29, 0.717) is 12.1 Å². The van der Waals surface area contributed by atoms with Gasteiger partial charge in [-0.1, -0.05) is 13.8 Å². The van der Waals surface area contributed by atoms with Gasteiger partial charge >= 0.3 is 0 Å². The summed E-state index contributed by atoms with van der Waals surface area (Å²) in [6.07, 6.45) is 2.32. The molecule has 0 aromatic carbocycles. The van der Waals surface area contributed by atoms with Crippen LogP contribution in [0.3, 0.4) is 0 Å². The van der Waals surface area contributed by atoms with Gasteiger partial charge in [0, 0.05) is 38.8 Å². The Morgan fingerprint density at radius 1 is 0.950 bits per heavy atom. The Hall–Kier alpha value is -0.770. The van der Waals surface area contributed by atoms with Crippen molar-refractivity contribution in [2.75, 3.05) is 26.7 Å². The largest absolute Gasteiger partial charge is 0.356 e. The first-order valence-electron chi connectivity index (χ1n) is 8.08. The van der Waals surface area contributed by atoms with Crippen molar-refractivity contribution in [3.05, 3.63) is 0 Å². The molecule has 0 spiro atoms. The second-order valence-corrected chi connectivity index (χ2v) is 6.39. The number of nitrogens with one attached hydrogen (secondary N) is 2. The van der Waals surface area contributed by atoms with Crippen LogP contribution < -0.4 is 10.6 Å². The van der Waals surface area contributed by atoms with Crippen molar-refractivity contribution in [3.8, 4) is 0 Å². The van der Waals surface area contributed by atoms with Crippen LogP contribution in [0.2, 0.25) is 0 Å². The van der Waals surface area contributed by atoms with Crippen LogP contribution in [0.25, 0.3) is 0 Å². The van der Waals surface area contributed by atoms with E-state index < -0.39 is 0 Å². The van der Waals surface area contributed by atoms with Gasteiger partial charge in [-0.2, -0.15) is 0 Å². The van der Waals surface area contributed by atoms with Gasteiger partial charge in [0.1, 0.15) is 0 Å². The molecule has 4 nitrogen and oxygen atoms in total. The van der Waals surface area contributed by atoms with E-state index in [9.17, 15) is 0 Å². The van der Waals surface area contributed by atoms with Gasteiger partial charge in [-0.15, -0.1) is 0 Å². The van der Waals surface area contributed by atoms with Crippen molar-refractivity contribution in [1.29, 1.82) is 0 Å². The van der Waals surface area contributed by atoms with Crippen molar-refractivity contribution in [3.63, 3.8) is 0 Å². The summed E-state index contributed by atoms with van der Waals surface area (Å²) in [7, 11) is 1.83.